The van der Waals surface area contributed by atoms with E-state index in [0.29, 0.717) is 19.0 Å². The zero-order valence-corrected chi connectivity index (χ0v) is 15.8. The first kappa shape index (κ1) is 17.7. The van der Waals surface area contributed by atoms with Crippen molar-refractivity contribution in [3.63, 3.8) is 0 Å². The second-order valence-corrected chi connectivity index (χ2v) is 8.11. The molecular formula is C19H26N4O2S. The van der Waals surface area contributed by atoms with Crippen molar-refractivity contribution < 1.29 is 9.53 Å². The molecule has 1 N–H and O–H groups in total. The van der Waals surface area contributed by atoms with Crippen molar-refractivity contribution in [1.29, 1.82) is 0 Å². The van der Waals surface area contributed by atoms with Gasteiger partial charge in [0, 0.05) is 50.0 Å². The number of aromatic nitrogens is 2. The quantitative estimate of drug-likeness (QED) is 0.842. The maximum atomic E-state index is 12.5. The highest BCUT2D eigenvalue weighted by Crippen LogP contribution is 2.27. The first-order valence-electron chi connectivity index (χ1n) is 9.43. The summed E-state index contributed by atoms with van der Waals surface area (Å²) in [7, 11) is 0. The predicted octanol–water partition coefficient (Wildman–Crippen LogP) is 2.23. The van der Waals surface area contributed by atoms with Gasteiger partial charge in [0.25, 0.3) is 0 Å². The Morgan fingerprint density at radius 2 is 2.23 bits per heavy atom. The summed E-state index contributed by atoms with van der Waals surface area (Å²) in [5.74, 6) is 0.113. The van der Waals surface area contributed by atoms with Gasteiger partial charge in [-0.1, -0.05) is 6.07 Å². The molecule has 1 fully saturated rings. The molecule has 0 radical (unpaired) electrons. The molecular weight excluding hydrogens is 348 g/mol. The molecule has 0 unspecified atom stereocenters. The molecule has 1 atom stereocenters. The monoisotopic (exact) mass is 374 g/mol. The zero-order valence-electron chi connectivity index (χ0n) is 15.0. The summed E-state index contributed by atoms with van der Waals surface area (Å²) in [5, 5.41) is 9.63. The Bertz CT molecular complexity index is 709. The number of nitrogens with one attached hydrogen (secondary N) is 1. The number of hydrogen-bond acceptors (Lipinski definition) is 5. The molecule has 0 bridgehead atoms. The summed E-state index contributed by atoms with van der Waals surface area (Å²) >= 11 is 1.74. The molecule has 2 aromatic heterocycles. The lowest BCUT2D eigenvalue weighted by Crippen LogP contribution is -2.46. The molecule has 2 aromatic rings. The average molecular weight is 375 g/mol. The first-order valence-corrected chi connectivity index (χ1v) is 10.3. The molecule has 2 aliphatic rings. The summed E-state index contributed by atoms with van der Waals surface area (Å²) in [6.07, 6.45) is 5.39. The summed E-state index contributed by atoms with van der Waals surface area (Å²) in [5.41, 5.74) is 1.21. The zero-order chi connectivity index (χ0) is 17.8. The number of rotatable bonds is 6. The number of carbonyl (C=O) groups is 1. The van der Waals surface area contributed by atoms with Gasteiger partial charge in [-0.05, 0) is 36.8 Å². The molecule has 6 nitrogen and oxygen atoms in total. The summed E-state index contributed by atoms with van der Waals surface area (Å²) in [4.78, 5) is 16.3. The van der Waals surface area contributed by atoms with Crippen LogP contribution in [0.2, 0.25) is 0 Å². The minimum absolute atomic E-state index is 0.110. The molecule has 1 amide bonds. The fourth-order valence-corrected chi connectivity index (χ4v) is 4.67. The Hall–Kier alpha value is -1.70. The van der Waals surface area contributed by atoms with Gasteiger partial charge in [-0.25, -0.2) is 0 Å². The molecule has 0 aromatic carbocycles. The Labute approximate surface area is 158 Å². The van der Waals surface area contributed by atoms with Crippen molar-refractivity contribution in [3.05, 3.63) is 40.3 Å². The van der Waals surface area contributed by atoms with E-state index < -0.39 is 0 Å². The number of nitrogens with zero attached hydrogens (tertiary/aromatic N) is 3. The van der Waals surface area contributed by atoms with E-state index in [2.05, 4.69) is 37.5 Å². The highest BCUT2D eigenvalue weighted by Gasteiger charge is 2.31. The van der Waals surface area contributed by atoms with Crippen molar-refractivity contribution in [3.8, 4) is 0 Å². The van der Waals surface area contributed by atoms with Crippen molar-refractivity contribution in [2.75, 3.05) is 26.3 Å². The van der Waals surface area contributed by atoms with E-state index in [1.807, 2.05) is 12.3 Å². The maximum absolute atomic E-state index is 12.5. The minimum atomic E-state index is 0.110. The molecule has 7 heteroatoms. The van der Waals surface area contributed by atoms with Gasteiger partial charge in [-0.15, -0.1) is 11.3 Å². The van der Waals surface area contributed by atoms with Crippen LogP contribution in [0.5, 0.6) is 0 Å². The van der Waals surface area contributed by atoms with Gasteiger partial charge in [0.2, 0.25) is 5.91 Å². The first-order chi connectivity index (χ1) is 12.8. The minimum Gasteiger partial charge on any atom is -0.381 e. The van der Waals surface area contributed by atoms with Crippen LogP contribution in [-0.2, 0) is 22.5 Å². The van der Waals surface area contributed by atoms with Gasteiger partial charge in [-0.2, -0.15) is 5.10 Å². The van der Waals surface area contributed by atoms with Crippen molar-refractivity contribution >= 4 is 17.2 Å². The van der Waals surface area contributed by atoms with Crippen molar-refractivity contribution in [2.45, 2.75) is 44.3 Å². The van der Waals surface area contributed by atoms with E-state index >= 15 is 0 Å². The number of carbonyl (C=O) groups excluding carboxylic acids is 1. The third kappa shape index (κ3) is 4.16. The number of ether oxygens (including phenoxy) is 1. The van der Waals surface area contributed by atoms with E-state index in [4.69, 9.17) is 4.74 Å². The van der Waals surface area contributed by atoms with Gasteiger partial charge in [0.05, 0.1) is 18.2 Å². The maximum Gasteiger partial charge on any atom is 0.222 e. The van der Waals surface area contributed by atoms with E-state index in [9.17, 15) is 4.79 Å². The van der Waals surface area contributed by atoms with Gasteiger partial charge >= 0.3 is 0 Å². The standard InChI is InChI=1S/C19H26N4O2S/c24-19(20-7-4-18-2-1-11-26-18)12-17-14-22(15-5-9-25-10-6-15)13-16-3-8-21-23(16)17/h1-3,8,11,15,17H,4-7,9-10,12-14H2,(H,20,24)/t17-/m0/s1. The molecule has 140 valence electrons. The Kier molecular flexibility index (Phi) is 5.67. The highest BCUT2D eigenvalue weighted by atomic mass is 32.1. The second kappa shape index (κ2) is 8.33. The fraction of sp³-hybridized carbons (Fsp3) is 0.579. The lowest BCUT2D eigenvalue weighted by atomic mass is 10.0. The fourth-order valence-electron chi connectivity index (χ4n) is 3.96. The Morgan fingerprint density at radius 1 is 1.35 bits per heavy atom. The lowest BCUT2D eigenvalue weighted by molar-refractivity contribution is -0.122. The van der Waals surface area contributed by atoms with E-state index in [1.54, 1.807) is 11.3 Å². The van der Waals surface area contributed by atoms with E-state index in [0.717, 1.165) is 45.6 Å². The number of thiophene rings is 1. The van der Waals surface area contributed by atoms with Crippen LogP contribution >= 0.6 is 11.3 Å². The number of hydrogen-bond donors (Lipinski definition) is 1. The predicted molar refractivity (Wildman–Crippen MR) is 101 cm³/mol. The van der Waals surface area contributed by atoms with Crippen molar-refractivity contribution in [1.82, 2.24) is 20.0 Å². The highest BCUT2D eigenvalue weighted by molar-refractivity contribution is 7.09. The molecule has 0 aliphatic carbocycles. The molecule has 0 saturated carbocycles. The van der Waals surface area contributed by atoms with Crippen LogP contribution in [0, 0.1) is 0 Å². The molecule has 4 heterocycles. The smallest absolute Gasteiger partial charge is 0.222 e. The largest absolute Gasteiger partial charge is 0.381 e. The molecule has 1 saturated heterocycles. The summed E-state index contributed by atoms with van der Waals surface area (Å²) < 4.78 is 7.55. The van der Waals surface area contributed by atoms with Crippen LogP contribution in [-0.4, -0.2) is 52.9 Å². The van der Waals surface area contributed by atoms with Crippen LogP contribution in [0.1, 0.15) is 35.9 Å². The van der Waals surface area contributed by atoms with Crippen LogP contribution in [0.4, 0.5) is 0 Å². The van der Waals surface area contributed by atoms with E-state index in [1.165, 1.54) is 10.6 Å². The third-order valence-corrected chi connectivity index (χ3v) is 6.25. The van der Waals surface area contributed by atoms with Gasteiger partial charge in [0.15, 0.2) is 0 Å². The molecule has 0 spiro atoms. The number of fused-ring (bicyclic) bond motifs is 1. The van der Waals surface area contributed by atoms with Crippen LogP contribution < -0.4 is 5.32 Å². The third-order valence-electron chi connectivity index (χ3n) is 5.31. The van der Waals surface area contributed by atoms with Crippen LogP contribution in [0.25, 0.3) is 0 Å². The van der Waals surface area contributed by atoms with Gasteiger partial charge < -0.3 is 10.1 Å². The summed E-state index contributed by atoms with van der Waals surface area (Å²) in [6, 6.07) is 6.90. The van der Waals surface area contributed by atoms with Crippen LogP contribution in [0.3, 0.4) is 0 Å². The lowest BCUT2D eigenvalue weighted by Gasteiger charge is -2.40. The SMILES string of the molecule is O=C(C[C@H]1CN(C2CCOCC2)Cc2ccnn21)NCCc1cccs1. The second-order valence-electron chi connectivity index (χ2n) is 7.08. The molecule has 4 rings (SSSR count). The molecule has 26 heavy (non-hydrogen) atoms. The normalized spacial score (nSPS) is 21.5. The van der Waals surface area contributed by atoms with Gasteiger partial charge in [-0.3, -0.25) is 14.4 Å². The van der Waals surface area contributed by atoms with E-state index in [-0.39, 0.29) is 11.9 Å². The topological polar surface area (TPSA) is 59.4 Å². The van der Waals surface area contributed by atoms with Crippen molar-refractivity contribution in [2.24, 2.45) is 0 Å². The Morgan fingerprint density at radius 3 is 3.04 bits per heavy atom. The Balaban J connectivity index is 1.34. The van der Waals surface area contributed by atoms with Crippen LogP contribution in [0.15, 0.2) is 29.8 Å². The number of amides is 1. The van der Waals surface area contributed by atoms with Gasteiger partial charge in [0.1, 0.15) is 0 Å². The average Bonchev–Trinajstić information content (AvgIpc) is 3.34. The molecule has 2 aliphatic heterocycles. The summed E-state index contributed by atoms with van der Waals surface area (Å²) in [6.45, 7) is 4.18.